The zero-order chi connectivity index (χ0) is 10.6. The second-order valence-corrected chi connectivity index (χ2v) is 3.05. The number of rotatable bonds is 4. The van der Waals surface area contributed by atoms with Gasteiger partial charge in [0.25, 0.3) is 0 Å². The molecule has 0 spiro atoms. The van der Waals surface area contributed by atoms with Crippen LogP contribution in [0.25, 0.3) is 0 Å². The molecule has 1 aromatic rings. The number of phenols is 1. The van der Waals surface area contributed by atoms with Gasteiger partial charge in [-0.3, -0.25) is 4.79 Å². The smallest absolute Gasteiger partial charge is 0.321 e. The Kier molecular flexibility index (Phi) is 3.48. The third-order valence-corrected chi connectivity index (χ3v) is 2.00. The summed E-state index contributed by atoms with van der Waals surface area (Å²) in [7, 11) is 1.60. The van der Waals surface area contributed by atoms with Gasteiger partial charge in [-0.1, -0.05) is 12.1 Å². The van der Waals surface area contributed by atoms with Crippen LogP contribution in [-0.2, 0) is 11.2 Å². The number of carbonyl (C=O) groups is 1. The maximum Gasteiger partial charge on any atom is 0.321 e. The molecule has 0 aliphatic heterocycles. The quantitative estimate of drug-likeness (QED) is 0.658. The highest BCUT2D eigenvalue weighted by molar-refractivity contribution is 5.73. The molecule has 0 bridgehead atoms. The SMILES string of the molecule is CNC(Cc1cccc(O)c1)C(=O)O. The molecule has 1 unspecified atom stereocenters. The van der Waals surface area contributed by atoms with Crippen molar-refractivity contribution in [3.8, 4) is 5.75 Å². The van der Waals surface area contributed by atoms with Crippen molar-refractivity contribution in [2.45, 2.75) is 12.5 Å². The van der Waals surface area contributed by atoms with Crippen LogP contribution in [0.15, 0.2) is 24.3 Å². The molecule has 0 fully saturated rings. The average molecular weight is 195 g/mol. The molecule has 3 N–H and O–H groups in total. The van der Waals surface area contributed by atoms with E-state index in [2.05, 4.69) is 5.32 Å². The number of carboxylic acid groups (broad SMARTS) is 1. The molecule has 1 aromatic carbocycles. The van der Waals surface area contributed by atoms with E-state index in [1.54, 1.807) is 31.3 Å². The Morgan fingerprint density at radius 3 is 2.79 bits per heavy atom. The van der Waals surface area contributed by atoms with Crippen molar-refractivity contribution in [2.75, 3.05) is 7.05 Å². The Morgan fingerprint density at radius 2 is 2.29 bits per heavy atom. The van der Waals surface area contributed by atoms with Gasteiger partial charge in [0, 0.05) is 0 Å². The van der Waals surface area contributed by atoms with Gasteiger partial charge in [-0.25, -0.2) is 0 Å². The second-order valence-electron chi connectivity index (χ2n) is 3.05. The fourth-order valence-electron chi connectivity index (χ4n) is 1.23. The first-order valence-corrected chi connectivity index (χ1v) is 4.31. The summed E-state index contributed by atoms with van der Waals surface area (Å²) in [5, 5.41) is 20.6. The van der Waals surface area contributed by atoms with Crippen LogP contribution >= 0.6 is 0 Å². The van der Waals surface area contributed by atoms with Gasteiger partial charge in [0.2, 0.25) is 0 Å². The second kappa shape index (κ2) is 4.62. The van der Waals surface area contributed by atoms with E-state index in [0.29, 0.717) is 6.42 Å². The first-order chi connectivity index (χ1) is 6.63. The predicted molar refractivity (Wildman–Crippen MR) is 52.3 cm³/mol. The Hall–Kier alpha value is -1.55. The minimum absolute atomic E-state index is 0.155. The molecule has 0 saturated heterocycles. The molecule has 4 heteroatoms. The van der Waals surface area contributed by atoms with E-state index in [0.717, 1.165) is 5.56 Å². The Bertz CT molecular complexity index is 325. The number of carboxylic acids is 1. The molecule has 1 rings (SSSR count). The predicted octanol–water partition coefficient (Wildman–Crippen LogP) is 0.607. The first kappa shape index (κ1) is 10.5. The van der Waals surface area contributed by atoms with Crippen LogP contribution in [0.4, 0.5) is 0 Å². The fourth-order valence-corrected chi connectivity index (χ4v) is 1.23. The number of hydrogen-bond acceptors (Lipinski definition) is 3. The molecule has 0 aliphatic rings. The Balaban J connectivity index is 2.72. The van der Waals surface area contributed by atoms with E-state index in [4.69, 9.17) is 10.2 Å². The standard InChI is InChI=1S/C10H13NO3/c1-11-9(10(13)14)6-7-3-2-4-8(12)5-7/h2-5,9,11-12H,6H2,1H3,(H,13,14). The third-order valence-electron chi connectivity index (χ3n) is 2.00. The average Bonchev–Trinajstić information content (AvgIpc) is 2.14. The van der Waals surface area contributed by atoms with Crippen LogP contribution in [-0.4, -0.2) is 29.3 Å². The van der Waals surface area contributed by atoms with E-state index in [1.807, 2.05) is 0 Å². The van der Waals surface area contributed by atoms with E-state index in [-0.39, 0.29) is 5.75 Å². The molecular weight excluding hydrogens is 182 g/mol. The summed E-state index contributed by atoms with van der Waals surface area (Å²) in [4.78, 5) is 10.7. The number of phenolic OH excluding ortho intramolecular Hbond substituents is 1. The molecule has 0 aliphatic carbocycles. The molecule has 1 atom stereocenters. The maximum absolute atomic E-state index is 10.7. The molecule has 76 valence electrons. The van der Waals surface area contributed by atoms with E-state index < -0.39 is 12.0 Å². The van der Waals surface area contributed by atoms with Gasteiger partial charge in [0.05, 0.1) is 0 Å². The lowest BCUT2D eigenvalue weighted by Gasteiger charge is -2.10. The zero-order valence-corrected chi connectivity index (χ0v) is 7.90. The normalized spacial score (nSPS) is 12.4. The number of benzene rings is 1. The van der Waals surface area contributed by atoms with Crippen molar-refractivity contribution >= 4 is 5.97 Å². The van der Waals surface area contributed by atoms with Gasteiger partial charge in [0.1, 0.15) is 11.8 Å². The highest BCUT2D eigenvalue weighted by Gasteiger charge is 2.14. The van der Waals surface area contributed by atoms with Gasteiger partial charge < -0.3 is 15.5 Å². The highest BCUT2D eigenvalue weighted by atomic mass is 16.4. The lowest BCUT2D eigenvalue weighted by molar-refractivity contribution is -0.139. The Labute approximate surface area is 82.2 Å². The topological polar surface area (TPSA) is 69.6 Å². The monoisotopic (exact) mass is 195 g/mol. The van der Waals surface area contributed by atoms with Gasteiger partial charge in [0.15, 0.2) is 0 Å². The van der Waals surface area contributed by atoms with Crippen molar-refractivity contribution < 1.29 is 15.0 Å². The largest absolute Gasteiger partial charge is 0.508 e. The van der Waals surface area contributed by atoms with Crippen LogP contribution in [0.5, 0.6) is 5.75 Å². The molecule has 0 aromatic heterocycles. The summed E-state index contributed by atoms with van der Waals surface area (Å²) >= 11 is 0. The summed E-state index contributed by atoms with van der Waals surface area (Å²) in [6.45, 7) is 0. The summed E-state index contributed by atoms with van der Waals surface area (Å²) in [6.07, 6.45) is 0.361. The minimum Gasteiger partial charge on any atom is -0.508 e. The molecule has 0 heterocycles. The van der Waals surface area contributed by atoms with Crippen molar-refractivity contribution in [3.05, 3.63) is 29.8 Å². The number of nitrogens with one attached hydrogen (secondary N) is 1. The third kappa shape index (κ3) is 2.74. The molecule has 4 nitrogen and oxygen atoms in total. The number of aliphatic carboxylic acids is 1. The summed E-state index contributed by atoms with van der Waals surface area (Å²) in [5.41, 5.74) is 0.798. The van der Waals surface area contributed by atoms with Crippen molar-refractivity contribution in [3.63, 3.8) is 0 Å². The minimum atomic E-state index is -0.893. The number of hydrogen-bond donors (Lipinski definition) is 3. The molecule has 0 saturated carbocycles. The van der Waals surface area contributed by atoms with Gasteiger partial charge in [-0.05, 0) is 31.2 Å². The summed E-state index contributed by atoms with van der Waals surface area (Å²) in [6, 6.07) is 5.98. The summed E-state index contributed by atoms with van der Waals surface area (Å²) < 4.78 is 0. The van der Waals surface area contributed by atoms with Crippen LogP contribution < -0.4 is 5.32 Å². The first-order valence-electron chi connectivity index (χ1n) is 4.31. The lowest BCUT2D eigenvalue weighted by atomic mass is 10.1. The molecular formula is C10H13NO3. The summed E-state index contributed by atoms with van der Waals surface area (Å²) in [5.74, 6) is -0.737. The molecule has 14 heavy (non-hydrogen) atoms. The van der Waals surface area contributed by atoms with Crippen LogP contribution in [0, 0.1) is 0 Å². The van der Waals surface area contributed by atoms with Gasteiger partial charge >= 0.3 is 5.97 Å². The lowest BCUT2D eigenvalue weighted by Crippen LogP contribution is -2.35. The van der Waals surface area contributed by atoms with Crippen LogP contribution in [0.2, 0.25) is 0 Å². The van der Waals surface area contributed by atoms with Crippen molar-refractivity contribution in [1.29, 1.82) is 0 Å². The van der Waals surface area contributed by atoms with Crippen molar-refractivity contribution in [1.82, 2.24) is 5.32 Å². The fraction of sp³-hybridized carbons (Fsp3) is 0.300. The van der Waals surface area contributed by atoms with Crippen molar-refractivity contribution in [2.24, 2.45) is 0 Å². The van der Waals surface area contributed by atoms with Gasteiger partial charge in [-0.15, -0.1) is 0 Å². The zero-order valence-electron chi connectivity index (χ0n) is 7.90. The van der Waals surface area contributed by atoms with Crippen LogP contribution in [0.1, 0.15) is 5.56 Å². The van der Waals surface area contributed by atoms with E-state index in [1.165, 1.54) is 0 Å². The van der Waals surface area contributed by atoms with E-state index >= 15 is 0 Å². The number of aromatic hydroxyl groups is 1. The van der Waals surface area contributed by atoms with E-state index in [9.17, 15) is 4.79 Å². The van der Waals surface area contributed by atoms with Crippen LogP contribution in [0.3, 0.4) is 0 Å². The molecule has 0 amide bonds. The maximum atomic E-state index is 10.7. The highest BCUT2D eigenvalue weighted by Crippen LogP contribution is 2.12. The van der Waals surface area contributed by atoms with Gasteiger partial charge in [-0.2, -0.15) is 0 Å². The molecule has 0 radical (unpaired) electrons. The number of likely N-dealkylation sites (N-methyl/N-ethyl adjacent to an activating group) is 1. The Morgan fingerprint density at radius 1 is 1.57 bits per heavy atom.